The Hall–Kier alpha value is -0.260. The van der Waals surface area contributed by atoms with Gasteiger partial charge in [-0.25, -0.2) is 0 Å². The molecule has 0 amide bonds. The first-order valence-corrected chi connectivity index (χ1v) is 5.57. The second kappa shape index (κ2) is 3.64. The summed E-state index contributed by atoms with van der Waals surface area (Å²) in [7, 11) is 0. The maximum Gasteiger partial charge on any atom is -0.00176 e. The van der Waals surface area contributed by atoms with Gasteiger partial charge in [-0.15, -0.1) is 0 Å². The highest BCUT2D eigenvalue weighted by molar-refractivity contribution is 5.28. The van der Waals surface area contributed by atoms with Crippen molar-refractivity contribution in [3.63, 3.8) is 0 Å². The zero-order valence-corrected chi connectivity index (χ0v) is 8.18. The topological polar surface area (TPSA) is 0 Å². The molecule has 2 aliphatic carbocycles. The van der Waals surface area contributed by atoms with Crippen molar-refractivity contribution in [1.82, 2.24) is 0 Å². The normalized spacial score (nSPS) is 36.6. The molecular weight excluding hydrogens is 144 g/mol. The van der Waals surface area contributed by atoms with Crippen LogP contribution in [0.1, 0.15) is 51.9 Å². The minimum absolute atomic E-state index is 0.943. The first-order chi connectivity index (χ1) is 5.86. The number of hydrogen-bond donors (Lipinski definition) is 0. The summed E-state index contributed by atoms with van der Waals surface area (Å²) in [6, 6.07) is 0. The zero-order valence-electron chi connectivity index (χ0n) is 8.18. The Labute approximate surface area is 76.1 Å². The van der Waals surface area contributed by atoms with Crippen LogP contribution in [0.3, 0.4) is 0 Å². The van der Waals surface area contributed by atoms with E-state index in [1.165, 1.54) is 44.9 Å². The van der Waals surface area contributed by atoms with Crippen molar-refractivity contribution in [3.05, 3.63) is 11.6 Å². The fourth-order valence-electron chi connectivity index (χ4n) is 2.43. The molecule has 2 unspecified atom stereocenters. The quantitative estimate of drug-likeness (QED) is 0.476. The molecule has 0 radical (unpaired) electrons. The number of fused-ring (bicyclic) bond motifs is 1. The van der Waals surface area contributed by atoms with Gasteiger partial charge in [0, 0.05) is 0 Å². The molecule has 0 N–H and O–H groups in total. The molecule has 0 nitrogen and oxygen atoms in total. The average molecular weight is 164 g/mol. The van der Waals surface area contributed by atoms with Crippen LogP contribution in [0.5, 0.6) is 0 Å². The summed E-state index contributed by atoms with van der Waals surface area (Å²) in [4.78, 5) is 0. The minimum atomic E-state index is 0.943. The smallest absolute Gasteiger partial charge is 0.00176 e. The zero-order chi connectivity index (χ0) is 8.39. The Kier molecular flexibility index (Phi) is 2.53. The van der Waals surface area contributed by atoms with Crippen LogP contribution in [0.2, 0.25) is 0 Å². The van der Waals surface area contributed by atoms with Crippen LogP contribution in [0.4, 0.5) is 0 Å². The lowest BCUT2D eigenvalue weighted by Crippen LogP contribution is -1.99. The Morgan fingerprint density at radius 1 is 1.17 bits per heavy atom. The molecule has 68 valence electrons. The SMILES string of the molecule is CC1CCCCCCC2=CC2C1. The third-order valence-electron chi connectivity index (χ3n) is 3.35. The molecule has 0 saturated heterocycles. The Morgan fingerprint density at radius 2 is 2.00 bits per heavy atom. The van der Waals surface area contributed by atoms with Crippen molar-refractivity contribution in [3.8, 4) is 0 Å². The van der Waals surface area contributed by atoms with Crippen molar-refractivity contribution in [2.75, 3.05) is 0 Å². The van der Waals surface area contributed by atoms with E-state index in [2.05, 4.69) is 13.0 Å². The Morgan fingerprint density at radius 3 is 2.92 bits per heavy atom. The molecule has 0 heteroatoms. The first kappa shape index (κ1) is 8.34. The second-order valence-corrected chi connectivity index (χ2v) is 4.64. The fourth-order valence-corrected chi connectivity index (χ4v) is 2.43. The average Bonchev–Trinajstić information content (AvgIpc) is 2.76. The molecule has 1 fully saturated rings. The molecular formula is C12H20. The highest BCUT2D eigenvalue weighted by Gasteiger charge is 2.25. The maximum absolute atomic E-state index is 2.50. The third-order valence-corrected chi connectivity index (χ3v) is 3.35. The minimum Gasteiger partial charge on any atom is -0.0775 e. The molecule has 2 aliphatic rings. The molecule has 2 atom stereocenters. The van der Waals surface area contributed by atoms with Gasteiger partial charge in [0.15, 0.2) is 0 Å². The maximum atomic E-state index is 2.50. The molecule has 0 bridgehead atoms. The van der Waals surface area contributed by atoms with E-state index in [-0.39, 0.29) is 0 Å². The summed E-state index contributed by atoms with van der Waals surface area (Å²) >= 11 is 0. The first-order valence-electron chi connectivity index (χ1n) is 5.57. The van der Waals surface area contributed by atoms with E-state index in [1.54, 1.807) is 5.57 Å². The lowest BCUT2D eigenvalue weighted by molar-refractivity contribution is 0.431. The Balaban J connectivity index is 1.81. The van der Waals surface area contributed by atoms with Gasteiger partial charge < -0.3 is 0 Å². The molecule has 12 heavy (non-hydrogen) atoms. The monoisotopic (exact) mass is 164 g/mol. The summed E-state index contributed by atoms with van der Waals surface area (Å²) in [6.45, 7) is 2.42. The van der Waals surface area contributed by atoms with Gasteiger partial charge in [-0.1, -0.05) is 44.3 Å². The molecule has 0 heterocycles. The number of rotatable bonds is 0. The lowest BCUT2D eigenvalue weighted by Gasteiger charge is -2.13. The van der Waals surface area contributed by atoms with Crippen LogP contribution >= 0.6 is 0 Å². The fraction of sp³-hybridized carbons (Fsp3) is 0.833. The van der Waals surface area contributed by atoms with Crippen LogP contribution in [-0.4, -0.2) is 0 Å². The molecule has 0 spiro atoms. The number of hydrogen-bond acceptors (Lipinski definition) is 0. The summed E-state index contributed by atoms with van der Waals surface area (Å²) in [5, 5.41) is 0. The molecule has 0 aliphatic heterocycles. The Bertz CT molecular complexity index is 178. The van der Waals surface area contributed by atoms with E-state index in [9.17, 15) is 0 Å². The predicted molar refractivity (Wildman–Crippen MR) is 53.1 cm³/mol. The van der Waals surface area contributed by atoms with Crippen molar-refractivity contribution < 1.29 is 0 Å². The van der Waals surface area contributed by atoms with Crippen molar-refractivity contribution >= 4 is 0 Å². The van der Waals surface area contributed by atoms with Crippen LogP contribution in [-0.2, 0) is 0 Å². The van der Waals surface area contributed by atoms with Gasteiger partial charge in [0.2, 0.25) is 0 Å². The summed E-state index contributed by atoms with van der Waals surface area (Å²) in [5.41, 5.74) is 1.78. The van der Waals surface area contributed by atoms with Gasteiger partial charge in [-0.05, 0) is 31.1 Å². The van der Waals surface area contributed by atoms with Gasteiger partial charge >= 0.3 is 0 Å². The van der Waals surface area contributed by atoms with Gasteiger partial charge in [0.25, 0.3) is 0 Å². The van der Waals surface area contributed by atoms with Gasteiger partial charge in [0.1, 0.15) is 0 Å². The van der Waals surface area contributed by atoms with Crippen LogP contribution in [0.25, 0.3) is 0 Å². The van der Waals surface area contributed by atoms with Gasteiger partial charge in [-0.2, -0.15) is 0 Å². The number of allylic oxidation sites excluding steroid dienone is 2. The van der Waals surface area contributed by atoms with E-state index in [1.807, 2.05) is 0 Å². The van der Waals surface area contributed by atoms with Crippen LogP contribution < -0.4 is 0 Å². The van der Waals surface area contributed by atoms with Crippen molar-refractivity contribution in [1.29, 1.82) is 0 Å². The third kappa shape index (κ3) is 2.12. The largest absolute Gasteiger partial charge is 0.0775 e. The second-order valence-electron chi connectivity index (χ2n) is 4.64. The predicted octanol–water partition coefficient (Wildman–Crippen LogP) is 3.92. The standard InChI is InChI=1S/C12H20/c1-10-6-4-2-3-5-7-11-9-12(11)8-10/h9-10,12H,2-8H2,1H3. The molecule has 1 saturated carbocycles. The lowest BCUT2D eigenvalue weighted by atomic mass is 9.93. The van der Waals surface area contributed by atoms with Gasteiger partial charge in [0.05, 0.1) is 0 Å². The van der Waals surface area contributed by atoms with Crippen LogP contribution in [0, 0.1) is 11.8 Å². The molecule has 0 aromatic heterocycles. The van der Waals surface area contributed by atoms with E-state index in [0.29, 0.717) is 0 Å². The molecule has 2 rings (SSSR count). The van der Waals surface area contributed by atoms with E-state index < -0.39 is 0 Å². The van der Waals surface area contributed by atoms with Gasteiger partial charge in [-0.3, -0.25) is 0 Å². The highest BCUT2D eigenvalue weighted by atomic mass is 14.3. The van der Waals surface area contributed by atoms with Crippen LogP contribution in [0.15, 0.2) is 11.6 Å². The molecule has 0 aromatic rings. The summed E-state index contributed by atoms with van der Waals surface area (Å²) < 4.78 is 0. The van der Waals surface area contributed by atoms with E-state index in [0.717, 1.165) is 11.8 Å². The summed E-state index contributed by atoms with van der Waals surface area (Å²) in [5.74, 6) is 1.92. The van der Waals surface area contributed by atoms with Crippen molar-refractivity contribution in [2.24, 2.45) is 11.8 Å². The van der Waals surface area contributed by atoms with E-state index >= 15 is 0 Å². The van der Waals surface area contributed by atoms with E-state index in [4.69, 9.17) is 0 Å². The highest BCUT2D eigenvalue weighted by Crippen LogP contribution is 2.40. The van der Waals surface area contributed by atoms with Crippen molar-refractivity contribution in [2.45, 2.75) is 51.9 Å². The summed E-state index contributed by atoms with van der Waals surface area (Å²) in [6.07, 6.45) is 12.7. The molecule has 0 aromatic carbocycles.